The Morgan fingerprint density at radius 3 is 2.79 bits per heavy atom. The first-order valence-corrected chi connectivity index (χ1v) is 9.51. The summed E-state index contributed by atoms with van der Waals surface area (Å²) in [5, 5.41) is 14.5. The van der Waals surface area contributed by atoms with Crippen molar-refractivity contribution in [3.63, 3.8) is 0 Å². The molecular formula is C18H19ClN8OS. The second-order valence-electron chi connectivity index (χ2n) is 7.25. The highest BCUT2D eigenvalue weighted by molar-refractivity contribution is 7.59. The van der Waals surface area contributed by atoms with E-state index in [0.717, 1.165) is 19.3 Å². The van der Waals surface area contributed by atoms with Crippen LogP contribution in [0.4, 0.5) is 11.8 Å². The van der Waals surface area contributed by atoms with Crippen molar-refractivity contribution < 1.29 is 0 Å². The van der Waals surface area contributed by atoms with Crippen molar-refractivity contribution in [2.75, 3.05) is 17.2 Å². The summed E-state index contributed by atoms with van der Waals surface area (Å²) in [6.07, 6.45) is 6.14. The third-order valence-electron chi connectivity index (χ3n) is 5.39. The average molecular weight is 431 g/mol. The Hall–Kier alpha value is -2.77. The molecule has 3 aromatic rings. The number of aromatic nitrogens is 5. The first kappa shape index (κ1) is 19.5. The molecule has 5 rings (SSSR count). The van der Waals surface area contributed by atoms with Gasteiger partial charge in [-0.1, -0.05) is 11.6 Å². The Morgan fingerprint density at radius 2 is 2.14 bits per heavy atom. The lowest BCUT2D eigenvalue weighted by molar-refractivity contribution is 0.398. The Balaban J connectivity index is 0.00000205. The third kappa shape index (κ3) is 3.20. The smallest absolute Gasteiger partial charge is 0.279 e. The molecule has 9 nitrogen and oxygen atoms in total. The number of halogens is 1. The molecule has 1 saturated carbocycles. The lowest BCUT2D eigenvalue weighted by Gasteiger charge is -2.42. The maximum absolute atomic E-state index is 13.2. The van der Waals surface area contributed by atoms with E-state index in [1.54, 1.807) is 21.3 Å². The minimum absolute atomic E-state index is 0. The van der Waals surface area contributed by atoms with E-state index in [1.165, 1.54) is 6.20 Å². The van der Waals surface area contributed by atoms with Crippen LogP contribution in [0.3, 0.4) is 0 Å². The minimum atomic E-state index is -0.168. The molecule has 4 heterocycles. The van der Waals surface area contributed by atoms with Crippen molar-refractivity contribution in [3.8, 4) is 6.07 Å². The summed E-state index contributed by atoms with van der Waals surface area (Å²) in [5.74, 6) is 1.73. The van der Waals surface area contributed by atoms with Crippen LogP contribution in [-0.4, -0.2) is 30.7 Å². The summed E-state index contributed by atoms with van der Waals surface area (Å²) >= 11 is 6.21. The maximum atomic E-state index is 13.2. The zero-order valence-corrected chi connectivity index (χ0v) is 17.2. The number of anilines is 2. The molecule has 1 atom stereocenters. The van der Waals surface area contributed by atoms with Crippen molar-refractivity contribution in [3.05, 3.63) is 45.2 Å². The van der Waals surface area contributed by atoms with Gasteiger partial charge in [0.1, 0.15) is 17.1 Å². The molecule has 1 unspecified atom stereocenters. The van der Waals surface area contributed by atoms with Crippen molar-refractivity contribution >= 4 is 42.4 Å². The molecule has 1 aliphatic heterocycles. The largest absolute Gasteiger partial charge is 0.368 e. The van der Waals surface area contributed by atoms with E-state index in [9.17, 15) is 10.1 Å². The van der Waals surface area contributed by atoms with E-state index >= 15 is 0 Å². The highest BCUT2D eigenvalue weighted by Crippen LogP contribution is 2.38. The molecule has 3 aromatic heterocycles. The van der Waals surface area contributed by atoms with E-state index in [4.69, 9.17) is 22.4 Å². The second kappa shape index (κ2) is 7.24. The van der Waals surface area contributed by atoms with E-state index < -0.39 is 0 Å². The number of rotatable bonds is 4. The maximum Gasteiger partial charge on any atom is 0.279 e. The molecular weight excluding hydrogens is 412 g/mol. The number of nitrogens with zero attached hydrogens (tertiary/aromatic N) is 7. The Bertz CT molecular complexity index is 1200. The van der Waals surface area contributed by atoms with Crippen LogP contribution in [0.2, 0.25) is 5.02 Å². The number of nitrogen functional groups attached to an aromatic ring is 1. The van der Waals surface area contributed by atoms with Gasteiger partial charge in [0, 0.05) is 19.3 Å². The molecule has 0 spiro atoms. The number of nitrogens with two attached hydrogens (primary N) is 1. The monoisotopic (exact) mass is 430 g/mol. The molecule has 2 fully saturated rings. The fraction of sp³-hybridized carbons (Fsp3) is 0.389. The summed E-state index contributed by atoms with van der Waals surface area (Å²) < 4.78 is 3.28. The number of hydrogen-bond acceptors (Lipinski definition) is 7. The highest BCUT2D eigenvalue weighted by Gasteiger charge is 2.37. The van der Waals surface area contributed by atoms with Gasteiger partial charge in [0.15, 0.2) is 11.6 Å². The van der Waals surface area contributed by atoms with Crippen molar-refractivity contribution in [1.29, 1.82) is 5.26 Å². The summed E-state index contributed by atoms with van der Waals surface area (Å²) in [6.45, 7) is 1.32. The molecule has 1 saturated heterocycles. The van der Waals surface area contributed by atoms with Gasteiger partial charge < -0.3 is 10.6 Å². The molecule has 0 radical (unpaired) electrons. The van der Waals surface area contributed by atoms with Gasteiger partial charge in [0.25, 0.3) is 5.56 Å². The van der Waals surface area contributed by atoms with Crippen LogP contribution in [0.15, 0.2) is 23.3 Å². The molecule has 2 N–H and O–H groups in total. The van der Waals surface area contributed by atoms with E-state index in [1.807, 2.05) is 4.90 Å². The van der Waals surface area contributed by atoms with Crippen LogP contribution in [0, 0.1) is 17.2 Å². The molecule has 150 valence electrons. The molecule has 1 aliphatic carbocycles. The second-order valence-corrected chi connectivity index (χ2v) is 7.66. The lowest BCUT2D eigenvalue weighted by atomic mass is 10.0. The van der Waals surface area contributed by atoms with E-state index in [-0.39, 0.29) is 31.0 Å². The normalized spacial score (nSPS) is 18.2. The Labute approximate surface area is 178 Å². The molecule has 0 bridgehead atoms. The van der Waals surface area contributed by atoms with Gasteiger partial charge in [-0.25, -0.2) is 9.50 Å². The predicted octanol–water partition coefficient (Wildman–Crippen LogP) is 1.87. The van der Waals surface area contributed by atoms with E-state index in [0.29, 0.717) is 46.8 Å². The lowest BCUT2D eigenvalue weighted by Crippen LogP contribution is -2.46. The summed E-state index contributed by atoms with van der Waals surface area (Å²) in [6, 6.07) is 3.62. The molecule has 11 heteroatoms. The third-order valence-corrected chi connectivity index (χ3v) is 5.69. The van der Waals surface area contributed by atoms with Crippen LogP contribution in [0.1, 0.15) is 36.7 Å². The number of fused-ring (bicyclic) bond motifs is 1. The fourth-order valence-electron chi connectivity index (χ4n) is 3.65. The Kier molecular flexibility index (Phi) is 4.88. The average Bonchev–Trinajstić information content (AvgIpc) is 3.39. The molecule has 29 heavy (non-hydrogen) atoms. The molecule has 0 aromatic carbocycles. The van der Waals surface area contributed by atoms with Crippen LogP contribution in [-0.2, 0) is 6.54 Å². The zero-order chi connectivity index (χ0) is 19.4. The topological polar surface area (TPSA) is 118 Å². The standard InChI is InChI=1S/C18H17ClN8O.H2S/c19-12-3-6-27-14(12)17(28)26(9-10-1-2-10)16(24-27)13-4-5-25(13)15-11(7-20)8-22-18(21)23-15;/h3,6,8,10,13H,1-2,4-5,9H2,(H2,21,22,23);1H2. The van der Waals surface area contributed by atoms with Crippen LogP contribution >= 0.6 is 25.1 Å². The minimum Gasteiger partial charge on any atom is -0.368 e. The first-order valence-electron chi connectivity index (χ1n) is 9.13. The SMILES string of the molecule is N#Cc1cnc(N)nc1N1CCC1c1nn2ccc(Cl)c2c(=O)n1CC1CC1.S. The van der Waals surface area contributed by atoms with Crippen molar-refractivity contribution in [2.24, 2.45) is 5.92 Å². The van der Waals surface area contributed by atoms with Gasteiger partial charge in [-0.15, -0.1) is 0 Å². The molecule has 0 amide bonds. The quantitative estimate of drug-likeness (QED) is 0.671. The van der Waals surface area contributed by atoms with Crippen LogP contribution in [0.5, 0.6) is 0 Å². The zero-order valence-electron chi connectivity index (χ0n) is 15.4. The summed E-state index contributed by atoms with van der Waals surface area (Å²) in [5.41, 5.74) is 6.34. The van der Waals surface area contributed by atoms with Crippen molar-refractivity contribution in [1.82, 2.24) is 24.1 Å². The summed E-state index contributed by atoms with van der Waals surface area (Å²) in [7, 11) is 0. The van der Waals surface area contributed by atoms with Gasteiger partial charge >= 0.3 is 0 Å². The van der Waals surface area contributed by atoms with Gasteiger partial charge in [0.05, 0.1) is 17.3 Å². The molecule has 2 aliphatic rings. The highest BCUT2D eigenvalue weighted by atomic mass is 35.5. The number of nitriles is 1. The fourth-order valence-corrected chi connectivity index (χ4v) is 3.88. The Morgan fingerprint density at radius 1 is 1.34 bits per heavy atom. The first-order chi connectivity index (χ1) is 13.6. The van der Waals surface area contributed by atoms with Crippen molar-refractivity contribution in [2.45, 2.75) is 31.8 Å². The van der Waals surface area contributed by atoms with Gasteiger partial charge in [-0.3, -0.25) is 9.36 Å². The van der Waals surface area contributed by atoms with Gasteiger partial charge in [-0.05, 0) is 31.2 Å². The van der Waals surface area contributed by atoms with E-state index in [2.05, 4.69) is 16.0 Å². The van der Waals surface area contributed by atoms with Gasteiger partial charge in [0.2, 0.25) is 5.95 Å². The predicted molar refractivity (Wildman–Crippen MR) is 113 cm³/mol. The summed E-state index contributed by atoms with van der Waals surface area (Å²) in [4.78, 5) is 23.3. The van der Waals surface area contributed by atoms with Crippen LogP contribution < -0.4 is 16.2 Å². The number of hydrogen-bond donors (Lipinski definition) is 1. The van der Waals surface area contributed by atoms with Crippen LogP contribution in [0.25, 0.3) is 5.52 Å². The van der Waals surface area contributed by atoms with Gasteiger partial charge in [-0.2, -0.15) is 28.8 Å².